The maximum atomic E-state index is 12.2. The van der Waals surface area contributed by atoms with Crippen LogP contribution in [0.2, 0.25) is 0 Å². The molecule has 0 saturated heterocycles. The minimum atomic E-state index is -4.03. The van der Waals surface area contributed by atoms with E-state index in [0.29, 0.717) is 0 Å². The number of sulfonamides is 1. The van der Waals surface area contributed by atoms with E-state index >= 15 is 0 Å². The van der Waals surface area contributed by atoms with Crippen LogP contribution in [0.4, 0.5) is 0 Å². The Balaban J connectivity index is 3.01. The molecule has 1 aromatic rings. The first kappa shape index (κ1) is 17.3. The topological polar surface area (TPSA) is 110 Å². The minimum Gasteiger partial charge on any atom is -0.480 e. The summed E-state index contributed by atoms with van der Waals surface area (Å²) in [7, 11) is -2.64. The van der Waals surface area contributed by atoms with Crippen molar-refractivity contribution in [1.29, 1.82) is 0 Å². The number of hydrogen-bond acceptors (Lipinski definition) is 5. The van der Waals surface area contributed by atoms with Gasteiger partial charge < -0.3 is 9.84 Å². The number of methoxy groups -OCH3 is 1. The Morgan fingerprint density at radius 3 is 2.57 bits per heavy atom. The van der Waals surface area contributed by atoms with E-state index < -0.39 is 22.0 Å². The average Bonchev–Trinajstić information content (AvgIpc) is 2.43. The minimum absolute atomic E-state index is 0.00252. The zero-order valence-corrected chi connectivity index (χ0v) is 12.5. The van der Waals surface area contributed by atoms with Gasteiger partial charge in [0.05, 0.1) is 4.90 Å². The second-order valence-electron chi connectivity index (χ2n) is 4.38. The first-order valence-electron chi connectivity index (χ1n) is 6.13. The van der Waals surface area contributed by atoms with Crippen LogP contribution in [0.3, 0.4) is 0 Å². The fourth-order valence-electron chi connectivity index (χ4n) is 1.61. The number of carbonyl (C=O) groups is 2. The SMILES string of the molecule is COCCC(NS(=O)(=O)c1cccc(C(C)=O)c1)C(=O)O. The van der Waals surface area contributed by atoms with Gasteiger partial charge in [-0.3, -0.25) is 9.59 Å². The number of Topliss-reactive ketones (excluding diaryl/α,β-unsaturated/α-hetero) is 1. The molecule has 1 aromatic carbocycles. The smallest absolute Gasteiger partial charge is 0.321 e. The Morgan fingerprint density at radius 2 is 2.05 bits per heavy atom. The van der Waals surface area contributed by atoms with Crippen molar-refractivity contribution in [2.75, 3.05) is 13.7 Å². The van der Waals surface area contributed by atoms with Crippen LogP contribution in [0.15, 0.2) is 29.2 Å². The molecule has 21 heavy (non-hydrogen) atoms. The van der Waals surface area contributed by atoms with Gasteiger partial charge in [-0.1, -0.05) is 12.1 Å². The third-order valence-corrected chi connectivity index (χ3v) is 4.23. The molecule has 0 amide bonds. The molecule has 0 heterocycles. The number of ketones is 1. The molecular weight excluding hydrogens is 298 g/mol. The molecule has 0 saturated carbocycles. The first-order valence-corrected chi connectivity index (χ1v) is 7.61. The number of ether oxygens (including phenoxy) is 1. The van der Waals surface area contributed by atoms with Crippen LogP contribution in [0.5, 0.6) is 0 Å². The number of benzene rings is 1. The Bertz CT molecular complexity index is 625. The third-order valence-electron chi connectivity index (χ3n) is 2.76. The highest BCUT2D eigenvalue weighted by Gasteiger charge is 2.25. The molecule has 1 rings (SSSR count). The van der Waals surface area contributed by atoms with E-state index in [2.05, 4.69) is 4.72 Å². The summed E-state index contributed by atoms with van der Waals surface area (Å²) >= 11 is 0. The summed E-state index contributed by atoms with van der Waals surface area (Å²) < 4.78 is 31.2. The monoisotopic (exact) mass is 315 g/mol. The molecule has 0 aliphatic carbocycles. The lowest BCUT2D eigenvalue weighted by atomic mass is 10.2. The second kappa shape index (κ2) is 7.30. The van der Waals surface area contributed by atoms with Crippen molar-refractivity contribution in [3.05, 3.63) is 29.8 Å². The highest BCUT2D eigenvalue weighted by Crippen LogP contribution is 2.13. The maximum Gasteiger partial charge on any atom is 0.321 e. The number of carboxylic acid groups (broad SMARTS) is 1. The van der Waals surface area contributed by atoms with Crippen molar-refractivity contribution in [2.24, 2.45) is 0 Å². The van der Waals surface area contributed by atoms with Gasteiger partial charge in [-0.2, -0.15) is 4.72 Å². The zero-order chi connectivity index (χ0) is 16.0. The molecule has 0 bridgehead atoms. The van der Waals surface area contributed by atoms with E-state index in [0.717, 1.165) is 0 Å². The van der Waals surface area contributed by atoms with Gasteiger partial charge in [0.25, 0.3) is 0 Å². The van der Waals surface area contributed by atoms with E-state index in [1.54, 1.807) is 0 Å². The largest absolute Gasteiger partial charge is 0.480 e. The molecule has 2 N–H and O–H groups in total. The average molecular weight is 315 g/mol. The Hall–Kier alpha value is -1.77. The van der Waals surface area contributed by atoms with Gasteiger partial charge >= 0.3 is 5.97 Å². The van der Waals surface area contributed by atoms with Gasteiger partial charge in [-0.15, -0.1) is 0 Å². The van der Waals surface area contributed by atoms with Crippen molar-refractivity contribution in [2.45, 2.75) is 24.3 Å². The van der Waals surface area contributed by atoms with Gasteiger partial charge in [-0.05, 0) is 25.5 Å². The van der Waals surface area contributed by atoms with E-state index in [1.165, 1.54) is 38.3 Å². The number of aliphatic carboxylic acids is 1. The summed E-state index contributed by atoms with van der Waals surface area (Å²) in [5, 5.41) is 9.02. The number of rotatable bonds is 8. The summed E-state index contributed by atoms with van der Waals surface area (Å²) in [5.41, 5.74) is 0.238. The molecule has 116 valence electrons. The molecule has 0 aromatic heterocycles. The molecule has 8 heteroatoms. The lowest BCUT2D eigenvalue weighted by Gasteiger charge is -2.14. The van der Waals surface area contributed by atoms with Gasteiger partial charge in [0, 0.05) is 19.3 Å². The Kier molecular flexibility index (Phi) is 6.01. The van der Waals surface area contributed by atoms with E-state index in [-0.39, 0.29) is 29.3 Å². The Morgan fingerprint density at radius 1 is 1.38 bits per heavy atom. The zero-order valence-electron chi connectivity index (χ0n) is 11.7. The molecule has 0 fully saturated rings. The van der Waals surface area contributed by atoms with Gasteiger partial charge in [0.15, 0.2) is 5.78 Å². The van der Waals surface area contributed by atoms with Crippen LogP contribution in [0, 0.1) is 0 Å². The van der Waals surface area contributed by atoms with Crippen LogP contribution in [-0.4, -0.2) is 45.0 Å². The fraction of sp³-hybridized carbons (Fsp3) is 0.385. The number of carbonyl (C=O) groups excluding carboxylic acids is 1. The normalized spacial score (nSPS) is 12.9. The van der Waals surface area contributed by atoms with Gasteiger partial charge in [0.1, 0.15) is 6.04 Å². The first-order chi connectivity index (χ1) is 9.77. The van der Waals surface area contributed by atoms with Crippen LogP contribution in [-0.2, 0) is 19.6 Å². The predicted octanol–water partition coefficient (Wildman–Crippen LogP) is 0.657. The number of nitrogens with one attached hydrogen (secondary N) is 1. The summed E-state index contributed by atoms with van der Waals surface area (Å²) in [6.07, 6.45) is -0.00252. The highest BCUT2D eigenvalue weighted by atomic mass is 32.2. The van der Waals surface area contributed by atoms with Gasteiger partial charge in [-0.25, -0.2) is 8.42 Å². The summed E-state index contributed by atoms with van der Waals surface area (Å²) in [6.45, 7) is 1.42. The number of carboxylic acids is 1. The quantitative estimate of drug-likeness (QED) is 0.682. The third kappa shape index (κ3) is 4.92. The van der Waals surface area contributed by atoms with Crippen LogP contribution in [0.25, 0.3) is 0 Å². The molecular formula is C13H17NO6S. The van der Waals surface area contributed by atoms with Crippen molar-refractivity contribution < 1.29 is 27.9 Å². The number of hydrogen-bond donors (Lipinski definition) is 2. The lowest BCUT2D eigenvalue weighted by molar-refractivity contribution is -0.139. The van der Waals surface area contributed by atoms with Crippen molar-refractivity contribution in [3.63, 3.8) is 0 Å². The molecule has 0 spiro atoms. The Labute approximate surface area is 123 Å². The standard InChI is InChI=1S/C13H17NO6S/c1-9(15)10-4-3-5-11(8-10)21(18,19)14-12(13(16)17)6-7-20-2/h3-5,8,12,14H,6-7H2,1-2H3,(H,16,17). The fourth-order valence-corrected chi connectivity index (χ4v) is 2.88. The van der Waals surface area contributed by atoms with Crippen molar-refractivity contribution in [1.82, 2.24) is 4.72 Å². The molecule has 0 aliphatic rings. The summed E-state index contributed by atoms with van der Waals surface area (Å²) in [6, 6.07) is 4.12. The van der Waals surface area contributed by atoms with Crippen molar-refractivity contribution in [3.8, 4) is 0 Å². The second-order valence-corrected chi connectivity index (χ2v) is 6.09. The molecule has 1 atom stereocenters. The van der Waals surface area contributed by atoms with E-state index in [1.807, 2.05) is 0 Å². The molecule has 0 radical (unpaired) electrons. The summed E-state index contributed by atoms with van der Waals surface area (Å²) in [5.74, 6) is -1.57. The van der Waals surface area contributed by atoms with Crippen LogP contribution < -0.4 is 4.72 Å². The highest BCUT2D eigenvalue weighted by molar-refractivity contribution is 7.89. The molecule has 0 aliphatic heterocycles. The predicted molar refractivity (Wildman–Crippen MR) is 74.7 cm³/mol. The van der Waals surface area contributed by atoms with E-state index in [4.69, 9.17) is 9.84 Å². The van der Waals surface area contributed by atoms with Gasteiger partial charge in [0.2, 0.25) is 10.0 Å². The van der Waals surface area contributed by atoms with Crippen LogP contribution >= 0.6 is 0 Å². The summed E-state index contributed by atoms with van der Waals surface area (Å²) in [4.78, 5) is 22.2. The molecule has 1 unspecified atom stereocenters. The van der Waals surface area contributed by atoms with Crippen LogP contribution in [0.1, 0.15) is 23.7 Å². The van der Waals surface area contributed by atoms with Crippen molar-refractivity contribution >= 4 is 21.8 Å². The maximum absolute atomic E-state index is 12.2. The lowest BCUT2D eigenvalue weighted by Crippen LogP contribution is -2.41. The molecule has 7 nitrogen and oxygen atoms in total. The van der Waals surface area contributed by atoms with E-state index in [9.17, 15) is 18.0 Å².